The van der Waals surface area contributed by atoms with Crippen molar-refractivity contribution in [1.82, 2.24) is 0 Å². The van der Waals surface area contributed by atoms with Crippen molar-refractivity contribution in [3.63, 3.8) is 0 Å². The van der Waals surface area contributed by atoms with Crippen LogP contribution in [0.1, 0.15) is 49.3 Å². The summed E-state index contributed by atoms with van der Waals surface area (Å²) in [5.41, 5.74) is 8.96. The lowest BCUT2D eigenvalue weighted by atomic mass is 9.92. The number of anilines is 1. The highest BCUT2D eigenvalue weighted by molar-refractivity contribution is 6.34. The molecule has 1 saturated heterocycles. The first kappa shape index (κ1) is 13.9. The Kier molecular flexibility index (Phi) is 3.71. The predicted octanol–water partition coefficient (Wildman–Crippen LogP) is 2.96. The lowest BCUT2D eigenvalue weighted by molar-refractivity contribution is -0.117. The zero-order valence-electron chi connectivity index (χ0n) is 11.5. The lowest BCUT2D eigenvalue weighted by Gasteiger charge is -2.20. The zero-order chi connectivity index (χ0) is 14.3. The third-order valence-corrected chi connectivity index (χ3v) is 4.54. The summed E-state index contributed by atoms with van der Waals surface area (Å²) in [6, 6.07) is 3.68. The fourth-order valence-electron chi connectivity index (χ4n) is 3.11. The van der Waals surface area contributed by atoms with Gasteiger partial charge in [0.15, 0.2) is 0 Å². The van der Waals surface area contributed by atoms with Crippen LogP contribution in [0.3, 0.4) is 0 Å². The first-order valence-electron chi connectivity index (χ1n) is 7.13. The molecule has 1 aromatic rings. The van der Waals surface area contributed by atoms with Crippen molar-refractivity contribution >= 4 is 23.2 Å². The second kappa shape index (κ2) is 5.35. The van der Waals surface area contributed by atoms with E-state index in [0.717, 1.165) is 42.7 Å². The maximum absolute atomic E-state index is 11.9. The van der Waals surface area contributed by atoms with Crippen molar-refractivity contribution in [2.45, 2.75) is 44.2 Å². The average Bonchev–Trinajstić information content (AvgIpc) is 3.05. The molecule has 3 atom stereocenters. The molecular formula is C15H19ClN2O2. The third-order valence-electron chi connectivity index (χ3n) is 4.24. The first-order chi connectivity index (χ1) is 9.61. The maximum Gasteiger partial charge on any atom is 0.232 e. The van der Waals surface area contributed by atoms with Crippen molar-refractivity contribution in [3.05, 3.63) is 28.3 Å². The number of carbonyl (C=O) groups excluding carboxylic acids is 1. The first-order valence-corrected chi connectivity index (χ1v) is 7.51. The van der Waals surface area contributed by atoms with E-state index in [9.17, 15) is 4.79 Å². The zero-order valence-corrected chi connectivity index (χ0v) is 12.2. The Labute approximate surface area is 123 Å². The van der Waals surface area contributed by atoms with Gasteiger partial charge in [-0.05, 0) is 36.5 Å². The number of fused-ring (bicyclic) bond motifs is 1. The molecule has 2 aliphatic heterocycles. The molecular weight excluding hydrogens is 276 g/mol. The Balaban J connectivity index is 1.96. The predicted molar refractivity (Wildman–Crippen MR) is 79.0 cm³/mol. The van der Waals surface area contributed by atoms with Gasteiger partial charge in [0.05, 0.1) is 28.8 Å². The maximum atomic E-state index is 11.9. The molecule has 0 aromatic heterocycles. The molecule has 2 aliphatic rings. The number of nitrogens with two attached hydrogens (primary N) is 1. The number of halogens is 1. The molecule has 1 aromatic carbocycles. The van der Waals surface area contributed by atoms with Crippen LogP contribution >= 0.6 is 11.6 Å². The molecule has 0 radical (unpaired) electrons. The molecule has 0 aliphatic carbocycles. The van der Waals surface area contributed by atoms with Crippen molar-refractivity contribution in [3.8, 4) is 0 Å². The SMILES string of the molecule is CCC1C(=O)Nc2c(Cl)cc(C(N)C3CCCO3)cc21. The van der Waals surface area contributed by atoms with Gasteiger partial charge in [-0.25, -0.2) is 0 Å². The summed E-state index contributed by atoms with van der Waals surface area (Å²) >= 11 is 6.30. The van der Waals surface area contributed by atoms with Gasteiger partial charge in [0.2, 0.25) is 5.91 Å². The van der Waals surface area contributed by atoms with Gasteiger partial charge >= 0.3 is 0 Å². The number of amides is 1. The normalized spacial score (nSPS) is 26.4. The van der Waals surface area contributed by atoms with Crippen LogP contribution in [0.25, 0.3) is 0 Å². The Hall–Kier alpha value is -1.10. The van der Waals surface area contributed by atoms with Crippen LogP contribution in [0.15, 0.2) is 12.1 Å². The standard InChI is InChI=1S/C15H19ClN2O2/c1-2-9-10-6-8(13(17)12-4-3-5-20-12)7-11(16)14(10)18-15(9)19/h6-7,9,12-13H,2-5,17H2,1H3,(H,18,19). The number of benzene rings is 1. The van der Waals surface area contributed by atoms with Gasteiger partial charge < -0.3 is 15.8 Å². The number of rotatable bonds is 3. The van der Waals surface area contributed by atoms with Crippen molar-refractivity contribution in [1.29, 1.82) is 0 Å². The van der Waals surface area contributed by atoms with Crippen LogP contribution in [0.4, 0.5) is 5.69 Å². The second-order valence-electron chi connectivity index (χ2n) is 5.49. The number of ether oxygens (including phenoxy) is 1. The van der Waals surface area contributed by atoms with Crippen molar-refractivity contribution in [2.75, 3.05) is 11.9 Å². The van der Waals surface area contributed by atoms with Crippen LogP contribution in [-0.2, 0) is 9.53 Å². The molecule has 1 amide bonds. The Bertz CT molecular complexity index is 541. The second-order valence-corrected chi connectivity index (χ2v) is 5.90. The fourth-order valence-corrected chi connectivity index (χ4v) is 3.39. The Morgan fingerprint density at radius 3 is 3.00 bits per heavy atom. The monoisotopic (exact) mass is 294 g/mol. The van der Waals surface area contributed by atoms with E-state index in [1.807, 2.05) is 19.1 Å². The molecule has 0 spiro atoms. The van der Waals surface area contributed by atoms with E-state index < -0.39 is 0 Å². The number of nitrogens with one attached hydrogen (secondary N) is 1. The van der Waals surface area contributed by atoms with Gasteiger partial charge in [0, 0.05) is 6.61 Å². The van der Waals surface area contributed by atoms with E-state index in [0.29, 0.717) is 5.02 Å². The van der Waals surface area contributed by atoms with E-state index in [4.69, 9.17) is 22.1 Å². The minimum Gasteiger partial charge on any atom is -0.376 e. The average molecular weight is 295 g/mol. The quantitative estimate of drug-likeness (QED) is 0.901. The number of hydrogen-bond acceptors (Lipinski definition) is 3. The molecule has 3 unspecified atom stereocenters. The molecule has 3 N–H and O–H groups in total. The van der Waals surface area contributed by atoms with Crippen LogP contribution < -0.4 is 11.1 Å². The van der Waals surface area contributed by atoms with Gasteiger partial charge in [-0.2, -0.15) is 0 Å². The van der Waals surface area contributed by atoms with Gasteiger partial charge in [0.25, 0.3) is 0 Å². The Morgan fingerprint density at radius 2 is 2.35 bits per heavy atom. The molecule has 0 saturated carbocycles. The summed E-state index contributed by atoms with van der Waals surface area (Å²) < 4.78 is 5.65. The van der Waals surface area contributed by atoms with Crippen LogP contribution in [-0.4, -0.2) is 18.6 Å². The topological polar surface area (TPSA) is 64.4 Å². The Morgan fingerprint density at radius 1 is 1.55 bits per heavy atom. The van der Waals surface area contributed by atoms with Crippen molar-refractivity contribution in [2.24, 2.45) is 5.73 Å². The third kappa shape index (κ3) is 2.22. The van der Waals surface area contributed by atoms with Crippen LogP contribution in [0, 0.1) is 0 Å². The van der Waals surface area contributed by atoms with E-state index in [1.165, 1.54) is 0 Å². The summed E-state index contributed by atoms with van der Waals surface area (Å²) in [6.45, 7) is 2.77. The molecule has 2 heterocycles. The molecule has 0 bridgehead atoms. The highest BCUT2D eigenvalue weighted by Gasteiger charge is 2.33. The van der Waals surface area contributed by atoms with Gasteiger partial charge in [-0.15, -0.1) is 0 Å². The van der Waals surface area contributed by atoms with Crippen LogP contribution in [0.2, 0.25) is 5.02 Å². The largest absolute Gasteiger partial charge is 0.376 e. The molecule has 5 heteroatoms. The molecule has 4 nitrogen and oxygen atoms in total. The van der Waals surface area contributed by atoms with E-state index in [1.54, 1.807) is 0 Å². The smallest absolute Gasteiger partial charge is 0.232 e. The van der Waals surface area contributed by atoms with E-state index in [2.05, 4.69) is 5.32 Å². The molecule has 3 rings (SSSR count). The fraction of sp³-hybridized carbons (Fsp3) is 0.533. The molecule has 108 valence electrons. The summed E-state index contributed by atoms with van der Waals surface area (Å²) in [7, 11) is 0. The minimum atomic E-state index is -0.187. The van der Waals surface area contributed by atoms with Crippen molar-refractivity contribution < 1.29 is 9.53 Å². The molecule has 20 heavy (non-hydrogen) atoms. The van der Waals surface area contributed by atoms with E-state index in [-0.39, 0.29) is 24.0 Å². The highest BCUT2D eigenvalue weighted by atomic mass is 35.5. The van der Waals surface area contributed by atoms with Crippen LogP contribution in [0.5, 0.6) is 0 Å². The van der Waals surface area contributed by atoms with Gasteiger partial charge in [-0.3, -0.25) is 4.79 Å². The van der Waals surface area contributed by atoms with E-state index >= 15 is 0 Å². The summed E-state index contributed by atoms with van der Waals surface area (Å²) in [4.78, 5) is 11.9. The van der Waals surface area contributed by atoms with Gasteiger partial charge in [-0.1, -0.05) is 24.6 Å². The number of carbonyl (C=O) groups is 1. The summed E-state index contributed by atoms with van der Waals surface area (Å²) in [5, 5.41) is 3.42. The minimum absolute atomic E-state index is 0.0206. The number of hydrogen-bond donors (Lipinski definition) is 2. The molecule has 1 fully saturated rings. The van der Waals surface area contributed by atoms with Gasteiger partial charge in [0.1, 0.15) is 0 Å². The highest BCUT2D eigenvalue weighted by Crippen LogP contribution is 2.41. The lowest BCUT2D eigenvalue weighted by Crippen LogP contribution is -2.25. The summed E-state index contributed by atoms with van der Waals surface area (Å²) in [6.07, 6.45) is 2.83. The summed E-state index contributed by atoms with van der Waals surface area (Å²) in [5.74, 6) is -0.105.